The standard InChI is InChI=1S/C15H18ClN3O2/c1-10(2)17-13(20)4-3-5-14-18-15(19-21-14)11-6-8-12(16)9-7-11/h6-10H,3-5H2,1-2H3,(H,17,20). The Balaban J connectivity index is 1.86. The van der Waals surface area contributed by atoms with Crippen LogP contribution in [0.25, 0.3) is 11.4 Å². The van der Waals surface area contributed by atoms with Gasteiger partial charge in [-0.15, -0.1) is 0 Å². The molecule has 0 saturated heterocycles. The molecule has 0 spiro atoms. The first kappa shape index (κ1) is 15.5. The molecule has 1 amide bonds. The van der Waals surface area contributed by atoms with E-state index in [0.29, 0.717) is 36.0 Å². The lowest BCUT2D eigenvalue weighted by Gasteiger charge is -2.06. The van der Waals surface area contributed by atoms with Gasteiger partial charge in [0, 0.05) is 29.5 Å². The summed E-state index contributed by atoms with van der Waals surface area (Å²) in [4.78, 5) is 15.8. The molecule has 0 radical (unpaired) electrons. The molecule has 0 aliphatic rings. The third-order valence-corrected chi connectivity index (χ3v) is 3.07. The lowest BCUT2D eigenvalue weighted by atomic mass is 10.2. The first-order valence-corrected chi connectivity index (χ1v) is 7.30. The molecule has 1 aromatic carbocycles. The third kappa shape index (κ3) is 4.86. The molecule has 21 heavy (non-hydrogen) atoms. The van der Waals surface area contributed by atoms with Crippen LogP contribution in [0.4, 0.5) is 0 Å². The smallest absolute Gasteiger partial charge is 0.226 e. The number of amides is 1. The number of halogens is 1. The molecule has 0 saturated carbocycles. The van der Waals surface area contributed by atoms with Crippen molar-refractivity contribution in [3.05, 3.63) is 35.2 Å². The summed E-state index contributed by atoms with van der Waals surface area (Å²) in [5.74, 6) is 1.12. The summed E-state index contributed by atoms with van der Waals surface area (Å²) >= 11 is 5.84. The molecule has 1 aromatic heterocycles. The van der Waals surface area contributed by atoms with Crippen molar-refractivity contribution in [2.24, 2.45) is 0 Å². The Morgan fingerprint density at radius 1 is 1.33 bits per heavy atom. The normalized spacial score (nSPS) is 10.9. The number of hydrogen-bond donors (Lipinski definition) is 1. The predicted octanol–water partition coefficient (Wildman–Crippen LogP) is 3.24. The topological polar surface area (TPSA) is 68.0 Å². The van der Waals surface area contributed by atoms with Crippen molar-refractivity contribution in [3.8, 4) is 11.4 Å². The van der Waals surface area contributed by atoms with Crippen LogP contribution in [0.3, 0.4) is 0 Å². The highest BCUT2D eigenvalue weighted by Gasteiger charge is 2.09. The SMILES string of the molecule is CC(C)NC(=O)CCCc1nc(-c2ccc(Cl)cc2)no1. The van der Waals surface area contributed by atoms with Gasteiger partial charge in [-0.25, -0.2) is 0 Å². The molecular formula is C15H18ClN3O2. The fourth-order valence-electron chi connectivity index (χ4n) is 1.87. The molecule has 1 N–H and O–H groups in total. The number of benzene rings is 1. The minimum atomic E-state index is 0.0439. The molecule has 2 aromatic rings. The first-order valence-electron chi connectivity index (χ1n) is 6.92. The van der Waals surface area contributed by atoms with Crippen molar-refractivity contribution >= 4 is 17.5 Å². The molecule has 112 valence electrons. The molecule has 0 aliphatic heterocycles. The largest absolute Gasteiger partial charge is 0.354 e. The summed E-state index contributed by atoms with van der Waals surface area (Å²) in [7, 11) is 0. The number of hydrogen-bond acceptors (Lipinski definition) is 4. The highest BCUT2D eigenvalue weighted by Crippen LogP contribution is 2.19. The Bertz CT molecular complexity index is 593. The van der Waals surface area contributed by atoms with E-state index in [-0.39, 0.29) is 11.9 Å². The quantitative estimate of drug-likeness (QED) is 0.889. The Morgan fingerprint density at radius 3 is 2.71 bits per heavy atom. The summed E-state index contributed by atoms with van der Waals surface area (Å²) in [5, 5.41) is 7.45. The van der Waals surface area contributed by atoms with E-state index in [1.807, 2.05) is 26.0 Å². The van der Waals surface area contributed by atoms with E-state index < -0.39 is 0 Å². The van der Waals surface area contributed by atoms with Crippen LogP contribution in [-0.2, 0) is 11.2 Å². The molecule has 5 nitrogen and oxygen atoms in total. The van der Waals surface area contributed by atoms with Gasteiger partial charge in [-0.1, -0.05) is 16.8 Å². The minimum absolute atomic E-state index is 0.0439. The van der Waals surface area contributed by atoms with Crippen LogP contribution < -0.4 is 5.32 Å². The van der Waals surface area contributed by atoms with Crippen LogP contribution in [0.5, 0.6) is 0 Å². The zero-order valence-corrected chi connectivity index (χ0v) is 12.9. The molecule has 0 aliphatic carbocycles. The summed E-state index contributed by atoms with van der Waals surface area (Å²) < 4.78 is 5.19. The van der Waals surface area contributed by atoms with Gasteiger partial charge in [0.25, 0.3) is 0 Å². The average Bonchev–Trinajstić information content (AvgIpc) is 2.87. The van der Waals surface area contributed by atoms with E-state index in [1.54, 1.807) is 12.1 Å². The van der Waals surface area contributed by atoms with E-state index >= 15 is 0 Å². The Hall–Kier alpha value is -1.88. The molecule has 0 bridgehead atoms. The molecule has 2 rings (SSSR count). The number of carbonyl (C=O) groups is 1. The minimum Gasteiger partial charge on any atom is -0.354 e. The van der Waals surface area contributed by atoms with Gasteiger partial charge < -0.3 is 9.84 Å². The van der Waals surface area contributed by atoms with Gasteiger partial charge in [-0.3, -0.25) is 4.79 Å². The second-order valence-electron chi connectivity index (χ2n) is 5.09. The van der Waals surface area contributed by atoms with Crippen molar-refractivity contribution in [1.82, 2.24) is 15.5 Å². The summed E-state index contributed by atoms with van der Waals surface area (Å²) in [6, 6.07) is 7.41. The number of carbonyl (C=O) groups excluding carboxylic acids is 1. The van der Waals surface area contributed by atoms with Crippen LogP contribution in [0.1, 0.15) is 32.6 Å². The zero-order chi connectivity index (χ0) is 15.2. The van der Waals surface area contributed by atoms with Gasteiger partial charge in [-0.05, 0) is 44.5 Å². The van der Waals surface area contributed by atoms with Gasteiger partial charge in [0.2, 0.25) is 17.6 Å². The van der Waals surface area contributed by atoms with Crippen molar-refractivity contribution in [1.29, 1.82) is 0 Å². The van der Waals surface area contributed by atoms with Crippen molar-refractivity contribution in [2.75, 3.05) is 0 Å². The zero-order valence-electron chi connectivity index (χ0n) is 12.1. The molecule has 0 fully saturated rings. The van der Waals surface area contributed by atoms with E-state index in [1.165, 1.54) is 0 Å². The maximum atomic E-state index is 11.5. The first-order chi connectivity index (χ1) is 10.0. The van der Waals surface area contributed by atoms with Crippen molar-refractivity contribution in [3.63, 3.8) is 0 Å². The fourth-order valence-corrected chi connectivity index (χ4v) is 1.99. The summed E-state index contributed by atoms with van der Waals surface area (Å²) in [6.07, 6.45) is 1.73. The average molecular weight is 308 g/mol. The number of nitrogens with zero attached hydrogens (tertiary/aromatic N) is 2. The maximum Gasteiger partial charge on any atom is 0.226 e. The number of aromatic nitrogens is 2. The van der Waals surface area contributed by atoms with E-state index in [2.05, 4.69) is 15.5 Å². The summed E-state index contributed by atoms with van der Waals surface area (Å²) in [6.45, 7) is 3.88. The van der Waals surface area contributed by atoms with Crippen LogP contribution in [0.15, 0.2) is 28.8 Å². The lowest BCUT2D eigenvalue weighted by Crippen LogP contribution is -2.29. The molecule has 0 unspecified atom stereocenters. The van der Waals surface area contributed by atoms with Crippen LogP contribution >= 0.6 is 11.6 Å². The number of nitrogens with one attached hydrogen (secondary N) is 1. The highest BCUT2D eigenvalue weighted by molar-refractivity contribution is 6.30. The fraction of sp³-hybridized carbons (Fsp3) is 0.400. The molecule has 1 heterocycles. The molecular weight excluding hydrogens is 290 g/mol. The second kappa shape index (κ2) is 7.22. The number of rotatable bonds is 6. The third-order valence-electron chi connectivity index (χ3n) is 2.81. The maximum absolute atomic E-state index is 11.5. The van der Waals surface area contributed by atoms with Gasteiger partial charge >= 0.3 is 0 Å². The summed E-state index contributed by atoms with van der Waals surface area (Å²) in [5.41, 5.74) is 0.854. The van der Waals surface area contributed by atoms with Gasteiger partial charge in [0.15, 0.2) is 0 Å². The van der Waals surface area contributed by atoms with Crippen LogP contribution in [0.2, 0.25) is 5.02 Å². The predicted molar refractivity (Wildman–Crippen MR) is 81.0 cm³/mol. The Kier molecular flexibility index (Phi) is 5.33. The monoisotopic (exact) mass is 307 g/mol. The van der Waals surface area contributed by atoms with Crippen molar-refractivity contribution in [2.45, 2.75) is 39.2 Å². The van der Waals surface area contributed by atoms with Crippen LogP contribution in [-0.4, -0.2) is 22.1 Å². The number of aryl methyl sites for hydroxylation is 1. The lowest BCUT2D eigenvalue weighted by molar-refractivity contribution is -0.121. The van der Waals surface area contributed by atoms with Gasteiger partial charge in [-0.2, -0.15) is 4.98 Å². The van der Waals surface area contributed by atoms with Crippen molar-refractivity contribution < 1.29 is 9.32 Å². The molecule has 0 atom stereocenters. The van der Waals surface area contributed by atoms with E-state index in [9.17, 15) is 4.79 Å². The Labute approximate surface area is 128 Å². The van der Waals surface area contributed by atoms with E-state index in [4.69, 9.17) is 16.1 Å². The second-order valence-corrected chi connectivity index (χ2v) is 5.53. The van der Waals surface area contributed by atoms with Crippen LogP contribution in [0, 0.1) is 0 Å². The van der Waals surface area contributed by atoms with E-state index in [0.717, 1.165) is 5.56 Å². The van der Waals surface area contributed by atoms with Gasteiger partial charge in [0.05, 0.1) is 0 Å². The highest BCUT2D eigenvalue weighted by atomic mass is 35.5. The van der Waals surface area contributed by atoms with Gasteiger partial charge in [0.1, 0.15) is 0 Å². The molecule has 6 heteroatoms. The Morgan fingerprint density at radius 2 is 2.05 bits per heavy atom.